The van der Waals surface area contributed by atoms with Gasteiger partial charge in [0.15, 0.2) is 0 Å². The highest BCUT2D eigenvalue weighted by Gasteiger charge is 2.52. The highest BCUT2D eigenvalue weighted by molar-refractivity contribution is 6.00. The van der Waals surface area contributed by atoms with Crippen LogP contribution in [0.5, 0.6) is 0 Å². The Morgan fingerprint density at radius 1 is 0.442 bits per heavy atom. The molecule has 0 aromatic heterocycles. The first-order valence-electron chi connectivity index (χ1n) is 29.1. The minimum Gasteiger partial charge on any atom is -0.0839 e. The molecule has 0 radical (unpaired) electrons. The Hall–Kier alpha value is -7.54. The first kappa shape index (κ1) is 54.3. The van der Waals surface area contributed by atoms with Crippen molar-refractivity contribution in [1.82, 2.24) is 0 Å². The Morgan fingerprint density at radius 3 is 1.58 bits per heavy atom. The van der Waals surface area contributed by atoms with Crippen molar-refractivity contribution in [2.24, 2.45) is 0 Å². The normalized spacial score (nSPS) is 17.1. The van der Waals surface area contributed by atoms with E-state index in [4.69, 9.17) is 0 Å². The summed E-state index contributed by atoms with van der Waals surface area (Å²) >= 11 is 0. The second kappa shape index (κ2) is 25.1. The Morgan fingerprint density at radius 2 is 0.948 bits per heavy atom. The van der Waals surface area contributed by atoms with Crippen molar-refractivity contribution in [2.45, 2.75) is 125 Å². The van der Waals surface area contributed by atoms with Gasteiger partial charge in [-0.25, -0.2) is 0 Å². The van der Waals surface area contributed by atoms with Gasteiger partial charge >= 0.3 is 0 Å². The summed E-state index contributed by atoms with van der Waals surface area (Å²) < 4.78 is 0. The summed E-state index contributed by atoms with van der Waals surface area (Å²) in [5.41, 5.74) is 27.9. The van der Waals surface area contributed by atoms with E-state index in [0.717, 1.165) is 19.3 Å². The quantitative estimate of drug-likeness (QED) is 0.165. The zero-order chi connectivity index (χ0) is 53.9. The first-order chi connectivity index (χ1) is 37.9. The minimum atomic E-state index is -0.243. The molecule has 0 fully saturated rings. The van der Waals surface area contributed by atoms with Crippen LogP contribution in [0.25, 0.3) is 61.9 Å². The van der Waals surface area contributed by atoms with Crippen LogP contribution in [-0.2, 0) is 18.3 Å². The molecule has 6 aliphatic rings. The molecule has 8 aromatic rings. The van der Waals surface area contributed by atoms with E-state index in [-0.39, 0.29) is 5.41 Å². The number of benzene rings is 8. The lowest BCUT2D eigenvalue weighted by Crippen LogP contribution is -2.27. The van der Waals surface area contributed by atoms with Crippen molar-refractivity contribution < 1.29 is 0 Å². The van der Waals surface area contributed by atoms with Gasteiger partial charge < -0.3 is 0 Å². The van der Waals surface area contributed by atoms with Gasteiger partial charge in [-0.05, 0) is 177 Å². The van der Waals surface area contributed by atoms with E-state index in [1.807, 2.05) is 27.7 Å². The van der Waals surface area contributed by atoms with Gasteiger partial charge in [-0.1, -0.05) is 277 Å². The summed E-state index contributed by atoms with van der Waals surface area (Å²) in [5, 5.41) is 2.87. The fourth-order valence-corrected chi connectivity index (χ4v) is 12.4. The topological polar surface area (TPSA) is 0 Å². The van der Waals surface area contributed by atoms with E-state index >= 15 is 0 Å². The molecule has 0 N–H and O–H groups in total. The fourth-order valence-electron chi connectivity index (χ4n) is 12.4. The van der Waals surface area contributed by atoms with Gasteiger partial charge in [0.25, 0.3) is 0 Å². The molecule has 0 saturated heterocycles. The molecule has 0 amide bonds. The highest BCUT2D eigenvalue weighted by atomic mass is 14.5. The molecule has 77 heavy (non-hydrogen) atoms. The maximum absolute atomic E-state index is 2.48. The predicted octanol–water partition coefficient (Wildman–Crippen LogP) is 22.0. The van der Waals surface area contributed by atoms with Crippen molar-refractivity contribution in [3.8, 4) is 33.4 Å². The third-order valence-electron chi connectivity index (χ3n) is 15.9. The second-order valence-electron chi connectivity index (χ2n) is 20.9. The minimum absolute atomic E-state index is 0.243. The molecule has 2 atom stereocenters. The van der Waals surface area contributed by atoms with Crippen LogP contribution >= 0.6 is 0 Å². The van der Waals surface area contributed by atoms with Crippen molar-refractivity contribution in [3.05, 3.63) is 279 Å². The molecule has 2 unspecified atom stereocenters. The molecular formula is C77H80. The molecule has 6 aliphatic carbocycles. The number of fused-ring (bicyclic) bond motifs is 15. The number of allylic oxidation sites excluding steroid dienone is 10. The molecule has 0 aliphatic heterocycles. The van der Waals surface area contributed by atoms with Gasteiger partial charge in [-0.2, -0.15) is 0 Å². The molecule has 0 saturated carbocycles. The van der Waals surface area contributed by atoms with Gasteiger partial charge in [0.2, 0.25) is 0 Å². The van der Waals surface area contributed by atoms with Gasteiger partial charge in [-0.3, -0.25) is 0 Å². The number of hydrogen-bond acceptors (Lipinski definition) is 0. The SMILES string of the molecule is CC.CC.CC1=CCC(c2ccccc2)C=C1.CCC.Cc1ccc(-c2ccc(-c3ccc4c(c3)C3(C5=C(CCC=C5)c5ccccc53)c3ccccc3-4)cc2)cc1.Cc1ccc2c3c(c4c(c2c1)C=CCC4)CCC=C3. The summed E-state index contributed by atoms with van der Waals surface area (Å²) in [6.45, 7) is 18.7. The lowest BCUT2D eigenvalue weighted by molar-refractivity contribution is 0.781. The van der Waals surface area contributed by atoms with E-state index in [1.54, 1.807) is 11.1 Å². The Labute approximate surface area is 463 Å². The largest absolute Gasteiger partial charge is 0.0839 e. The van der Waals surface area contributed by atoms with Crippen molar-refractivity contribution in [2.75, 3.05) is 0 Å². The van der Waals surface area contributed by atoms with Crippen LogP contribution in [0.15, 0.2) is 217 Å². The standard InChI is InChI=1S/C38H28.C19H18.C13H14.C3H8.2C2H6/c1-25-14-16-26(17-15-25)27-18-20-28(21-19-27)29-22-23-33-32-10-4-7-13-36(32)38(37(33)24-29)34-11-5-2-8-30(34)31-9-3-6-12-35(31)38;1-13-10-11-18-16-8-3-2-6-14(16)15-7-4-5-9-17(15)19(18)12-13;1-11-7-9-13(10-8-11)12-5-3-2-4-6-12;1-3-2;2*1-2/h2,4-8,10-24H,3,9H2,1H3;3,5,8-12H,2,4,6-7H2,1H3;2-9,13H,10H2,1H3;3H2,1-2H3;2*1-2H3. The molecule has 0 bridgehead atoms. The summed E-state index contributed by atoms with van der Waals surface area (Å²) in [6, 6.07) is 60.8. The van der Waals surface area contributed by atoms with E-state index < -0.39 is 0 Å². The number of hydrogen-bond donors (Lipinski definition) is 0. The van der Waals surface area contributed by atoms with Crippen molar-refractivity contribution in [3.63, 3.8) is 0 Å². The zero-order valence-electron chi connectivity index (χ0n) is 47.5. The van der Waals surface area contributed by atoms with Crippen LogP contribution in [-0.4, -0.2) is 0 Å². The molecule has 0 heteroatoms. The third kappa shape index (κ3) is 10.8. The maximum Gasteiger partial charge on any atom is 0.0722 e. The second-order valence-corrected chi connectivity index (χ2v) is 20.9. The number of aryl methyl sites for hydroxylation is 2. The van der Waals surface area contributed by atoms with E-state index in [2.05, 4.69) is 253 Å². The lowest BCUT2D eigenvalue weighted by atomic mass is 9.69. The fraction of sp³-hybridized carbons (Fsp3) is 0.247. The summed E-state index contributed by atoms with van der Waals surface area (Å²) in [4.78, 5) is 0. The Balaban J connectivity index is 0.000000153. The third-order valence-corrected chi connectivity index (χ3v) is 15.9. The molecule has 8 aromatic carbocycles. The molecule has 1 spiro atoms. The van der Waals surface area contributed by atoms with Gasteiger partial charge in [0.1, 0.15) is 0 Å². The summed E-state index contributed by atoms with van der Waals surface area (Å²) in [5.74, 6) is 0.588. The molecule has 0 nitrogen and oxygen atoms in total. The zero-order valence-corrected chi connectivity index (χ0v) is 47.5. The van der Waals surface area contributed by atoms with E-state index in [1.165, 1.54) is 143 Å². The van der Waals surface area contributed by atoms with Gasteiger partial charge in [-0.15, -0.1) is 0 Å². The average molecular weight is 1010 g/mol. The highest BCUT2D eigenvalue weighted by Crippen LogP contribution is 2.63. The average Bonchev–Trinajstić information content (AvgIpc) is 3.84. The Kier molecular flexibility index (Phi) is 17.7. The monoisotopic (exact) mass is 1000 g/mol. The summed E-state index contributed by atoms with van der Waals surface area (Å²) in [7, 11) is 0. The summed E-state index contributed by atoms with van der Waals surface area (Å²) in [6.07, 6.45) is 30.4. The smallest absolute Gasteiger partial charge is 0.0722 e. The van der Waals surface area contributed by atoms with Gasteiger partial charge in [0.05, 0.1) is 5.41 Å². The molecule has 388 valence electrons. The lowest BCUT2D eigenvalue weighted by Gasteiger charge is -2.32. The van der Waals surface area contributed by atoms with Crippen molar-refractivity contribution >= 4 is 28.5 Å². The molecule has 0 heterocycles. The van der Waals surface area contributed by atoms with Crippen LogP contribution < -0.4 is 0 Å². The van der Waals surface area contributed by atoms with E-state index in [9.17, 15) is 0 Å². The molecule has 14 rings (SSSR count). The van der Waals surface area contributed by atoms with Crippen molar-refractivity contribution in [1.29, 1.82) is 0 Å². The molecular weight excluding hydrogens is 925 g/mol. The van der Waals surface area contributed by atoms with Crippen LogP contribution in [0.4, 0.5) is 0 Å². The number of rotatable bonds is 3. The van der Waals surface area contributed by atoms with Crippen LogP contribution in [0, 0.1) is 13.8 Å². The van der Waals surface area contributed by atoms with Crippen LogP contribution in [0.1, 0.15) is 154 Å². The Bertz CT molecular complexity index is 3530. The first-order valence-corrected chi connectivity index (χ1v) is 29.1. The van der Waals surface area contributed by atoms with E-state index in [0.29, 0.717) is 5.92 Å². The van der Waals surface area contributed by atoms with Crippen LogP contribution in [0.2, 0.25) is 0 Å². The predicted molar refractivity (Wildman–Crippen MR) is 338 cm³/mol. The van der Waals surface area contributed by atoms with Gasteiger partial charge in [0, 0.05) is 5.92 Å². The van der Waals surface area contributed by atoms with Crippen LogP contribution in [0.3, 0.4) is 0 Å². The maximum atomic E-state index is 2.48.